The molecule has 0 radical (unpaired) electrons. The van der Waals surface area contributed by atoms with Gasteiger partial charge in [-0.2, -0.15) is 0 Å². The van der Waals surface area contributed by atoms with Crippen LogP contribution in [0.2, 0.25) is 0 Å². The highest BCUT2D eigenvalue weighted by molar-refractivity contribution is 5.99. The lowest BCUT2D eigenvalue weighted by molar-refractivity contribution is 0.480. The van der Waals surface area contributed by atoms with E-state index in [-0.39, 0.29) is 11.2 Å². The third-order valence-corrected chi connectivity index (χ3v) is 8.61. The van der Waals surface area contributed by atoms with Crippen LogP contribution in [0.5, 0.6) is 5.75 Å². The highest BCUT2D eigenvalue weighted by Crippen LogP contribution is 2.52. The molecule has 0 saturated heterocycles. The minimum atomic E-state index is -0.198. The lowest BCUT2D eigenvalue weighted by Crippen LogP contribution is -2.31. The van der Waals surface area contributed by atoms with E-state index < -0.39 is 0 Å². The first-order valence-corrected chi connectivity index (χ1v) is 14.5. The maximum absolute atomic E-state index is 10.9. The van der Waals surface area contributed by atoms with Crippen molar-refractivity contribution < 1.29 is 5.11 Å². The number of anilines is 3. The van der Waals surface area contributed by atoms with Crippen LogP contribution >= 0.6 is 0 Å². The molecule has 0 bridgehead atoms. The summed E-state index contributed by atoms with van der Waals surface area (Å²) in [7, 11) is 0. The molecular formula is C38H33N3O. The average molecular weight is 548 g/mol. The number of pyridine rings is 2. The standard InChI is InChI=1S/C38H33N3O/c1-24(2)26-20-21-39-36(23-26)41-33-13-9-8-12-30(33)38(3,4)31-17-14-27(22-34(31)41)32-18-15-29-28(25-10-6-5-7-11-25)16-19-35(42)37(29)40-32/h5-24,42H,1-4H3. The average Bonchev–Trinajstić information content (AvgIpc) is 3.02. The molecule has 2 aromatic heterocycles. The van der Waals surface area contributed by atoms with Gasteiger partial charge in [-0.15, -0.1) is 0 Å². The molecule has 4 heteroatoms. The maximum atomic E-state index is 10.9. The number of aromatic nitrogens is 2. The van der Waals surface area contributed by atoms with Gasteiger partial charge in [0.1, 0.15) is 17.1 Å². The molecular weight excluding hydrogens is 514 g/mol. The van der Waals surface area contributed by atoms with Crippen LogP contribution in [0.1, 0.15) is 50.3 Å². The molecule has 3 heterocycles. The highest BCUT2D eigenvalue weighted by Gasteiger charge is 2.37. The summed E-state index contributed by atoms with van der Waals surface area (Å²) in [4.78, 5) is 12.2. The first-order chi connectivity index (χ1) is 20.3. The molecule has 4 nitrogen and oxygen atoms in total. The van der Waals surface area contributed by atoms with Gasteiger partial charge in [-0.05, 0) is 82.3 Å². The molecule has 0 fully saturated rings. The van der Waals surface area contributed by atoms with Crippen molar-refractivity contribution in [2.75, 3.05) is 4.90 Å². The number of rotatable bonds is 4. The normalized spacial score (nSPS) is 13.7. The number of hydrogen-bond donors (Lipinski definition) is 1. The van der Waals surface area contributed by atoms with E-state index in [1.165, 1.54) is 16.7 Å². The number of nitrogens with zero attached hydrogens (tertiary/aromatic N) is 3. The summed E-state index contributed by atoms with van der Waals surface area (Å²) in [6, 6.07) is 37.6. The summed E-state index contributed by atoms with van der Waals surface area (Å²) in [6.45, 7) is 9.00. The molecule has 0 saturated carbocycles. The molecule has 6 aromatic rings. The quantitative estimate of drug-likeness (QED) is 0.239. The SMILES string of the molecule is CC(C)c1ccnc(N2c3ccccc3C(C)(C)c3ccc(-c4ccc5c(-c6ccccc6)ccc(O)c5n4)cc32)c1. The fourth-order valence-corrected chi connectivity index (χ4v) is 6.27. The van der Waals surface area contributed by atoms with E-state index in [0.29, 0.717) is 11.4 Å². The summed E-state index contributed by atoms with van der Waals surface area (Å²) in [5, 5.41) is 11.8. The van der Waals surface area contributed by atoms with Gasteiger partial charge in [0.2, 0.25) is 0 Å². The minimum absolute atomic E-state index is 0.177. The van der Waals surface area contributed by atoms with Crippen molar-refractivity contribution in [2.45, 2.75) is 39.0 Å². The van der Waals surface area contributed by atoms with Gasteiger partial charge in [0.25, 0.3) is 0 Å². The molecule has 0 spiro atoms. The molecule has 206 valence electrons. The first kappa shape index (κ1) is 26.0. The van der Waals surface area contributed by atoms with Crippen molar-refractivity contribution in [3.8, 4) is 28.1 Å². The molecule has 1 aliphatic rings. The van der Waals surface area contributed by atoms with E-state index in [9.17, 15) is 5.11 Å². The van der Waals surface area contributed by atoms with Gasteiger partial charge < -0.3 is 5.11 Å². The van der Waals surface area contributed by atoms with Gasteiger partial charge in [0.15, 0.2) is 0 Å². The lowest BCUT2D eigenvalue weighted by Gasteiger charge is -2.41. The Balaban J connectivity index is 1.42. The third-order valence-electron chi connectivity index (χ3n) is 8.61. The topological polar surface area (TPSA) is 49.2 Å². The number of para-hydroxylation sites is 1. The fourth-order valence-electron chi connectivity index (χ4n) is 6.27. The molecule has 1 aliphatic heterocycles. The van der Waals surface area contributed by atoms with Crippen molar-refractivity contribution in [1.82, 2.24) is 9.97 Å². The zero-order valence-electron chi connectivity index (χ0n) is 24.3. The summed E-state index contributed by atoms with van der Waals surface area (Å²) in [6.07, 6.45) is 1.91. The van der Waals surface area contributed by atoms with Gasteiger partial charge in [-0.1, -0.05) is 88.4 Å². The molecule has 7 rings (SSSR count). The zero-order chi connectivity index (χ0) is 29.0. The van der Waals surface area contributed by atoms with Gasteiger partial charge in [0.05, 0.1) is 17.1 Å². The van der Waals surface area contributed by atoms with Gasteiger partial charge in [-0.25, -0.2) is 9.97 Å². The second-order valence-electron chi connectivity index (χ2n) is 11.9. The maximum Gasteiger partial charge on any atom is 0.141 e. The van der Waals surface area contributed by atoms with Gasteiger partial charge in [0, 0.05) is 22.6 Å². The third kappa shape index (κ3) is 4.14. The summed E-state index contributed by atoms with van der Waals surface area (Å²) in [5.41, 5.74) is 10.3. The second kappa shape index (κ2) is 9.85. The van der Waals surface area contributed by atoms with Crippen LogP contribution in [0, 0.1) is 0 Å². The Morgan fingerprint density at radius 2 is 1.48 bits per heavy atom. The van der Waals surface area contributed by atoms with Crippen molar-refractivity contribution >= 4 is 28.1 Å². The Morgan fingerprint density at radius 1 is 0.714 bits per heavy atom. The molecule has 0 atom stereocenters. The number of fused-ring (bicyclic) bond motifs is 3. The Hall–Kier alpha value is -4.96. The van der Waals surface area contributed by atoms with Crippen LogP contribution in [-0.4, -0.2) is 15.1 Å². The second-order valence-corrected chi connectivity index (χ2v) is 11.9. The number of benzene rings is 4. The number of hydrogen-bond acceptors (Lipinski definition) is 4. The van der Waals surface area contributed by atoms with Crippen LogP contribution in [0.25, 0.3) is 33.3 Å². The smallest absolute Gasteiger partial charge is 0.141 e. The lowest BCUT2D eigenvalue weighted by atomic mass is 9.73. The number of aromatic hydroxyl groups is 1. The van der Waals surface area contributed by atoms with E-state index in [1.807, 2.05) is 30.5 Å². The zero-order valence-corrected chi connectivity index (χ0v) is 24.3. The molecule has 4 aromatic carbocycles. The van der Waals surface area contributed by atoms with Crippen LogP contribution < -0.4 is 4.90 Å². The summed E-state index contributed by atoms with van der Waals surface area (Å²) in [5.74, 6) is 1.47. The van der Waals surface area contributed by atoms with Gasteiger partial charge in [-0.3, -0.25) is 4.90 Å². The van der Waals surface area contributed by atoms with E-state index in [2.05, 4.69) is 111 Å². The van der Waals surface area contributed by atoms with E-state index in [4.69, 9.17) is 9.97 Å². The Labute approximate surface area is 247 Å². The van der Waals surface area contributed by atoms with E-state index >= 15 is 0 Å². The van der Waals surface area contributed by atoms with E-state index in [1.54, 1.807) is 6.07 Å². The Bertz CT molecular complexity index is 1960. The van der Waals surface area contributed by atoms with Crippen molar-refractivity contribution in [2.24, 2.45) is 0 Å². The predicted molar refractivity (Wildman–Crippen MR) is 173 cm³/mol. The number of phenols is 1. The molecule has 1 N–H and O–H groups in total. The van der Waals surface area contributed by atoms with Crippen LogP contribution in [-0.2, 0) is 5.41 Å². The molecule has 42 heavy (non-hydrogen) atoms. The number of phenolic OH excluding ortho intramolecular Hbond substituents is 1. The molecule has 0 amide bonds. The summed E-state index contributed by atoms with van der Waals surface area (Å²) < 4.78 is 0. The molecule has 0 aliphatic carbocycles. The van der Waals surface area contributed by atoms with Crippen LogP contribution in [0.4, 0.5) is 17.2 Å². The van der Waals surface area contributed by atoms with Crippen molar-refractivity contribution in [1.29, 1.82) is 0 Å². The Morgan fingerprint density at radius 3 is 2.29 bits per heavy atom. The first-order valence-electron chi connectivity index (χ1n) is 14.5. The highest BCUT2D eigenvalue weighted by atomic mass is 16.3. The minimum Gasteiger partial charge on any atom is -0.506 e. The van der Waals surface area contributed by atoms with Crippen molar-refractivity contribution in [3.63, 3.8) is 0 Å². The Kier molecular flexibility index (Phi) is 6.09. The van der Waals surface area contributed by atoms with Crippen molar-refractivity contribution in [3.05, 3.63) is 132 Å². The predicted octanol–water partition coefficient (Wildman–Crippen LogP) is 9.90. The molecule has 0 unspecified atom stereocenters. The van der Waals surface area contributed by atoms with Crippen LogP contribution in [0.3, 0.4) is 0 Å². The fraction of sp³-hybridized carbons (Fsp3) is 0.158. The van der Waals surface area contributed by atoms with E-state index in [0.717, 1.165) is 45.0 Å². The van der Waals surface area contributed by atoms with Gasteiger partial charge >= 0.3 is 0 Å². The monoisotopic (exact) mass is 547 g/mol. The summed E-state index contributed by atoms with van der Waals surface area (Å²) >= 11 is 0. The largest absolute Gasteiger partial charge is 0.506 e. The van der Waals surface area contributed by atoms with Crippen LogP contribution in [0.15, 0.2) is 115 Å².